The van der Waals surface area contributed by atoms with Crippen molar-refractivity contribution in [3.63, 3.8) is 0 Å². The lowest BCUT2D eigenvalue weighted by molar-refractivity contribution is -0.192. The second kappa shape index (κ2) is 11.2. The van der Waals surface area contributed by atoms with Crippen LogP contribution in [0.1, 0.15) is 43.1 Å². The van der Waals surface area contributed by atoms with Crippen molar-refractivity contribution in [1.29, 1.82) is 0 Å². The van der Waals surface area contributed by atoms with Gasteiger partial charge in [0.15, 0.2) is 0 Å². The number of rotatable bonds is 4. The number of hydrogen-bond acceptors (Lipinski definition) is 5. The van der Waals surface area contributed by atoms with Crippen LogP contribution in [0.25, 0.3) is 0 Å². The minimum absolute atomic E-state index is 0.0322. The Morgan fingerprint density at radius 2 is 1.80 bits per heavy atom. The van der Waals surface area contributed by atoms with Crippen LogP contribution in [0.4, 0.5) is 18.9 Å². The van der Waals surface area contributed by atoms with Crippen LogP contribution in [-0.4, -0.2) is 88.3 Å². The van der Waals surface area contributed by atoms with Crippen molar-refractivity contribution in [2.45, 2.75) is 51.4 Å². The van der Waals surface area contributed by atoms with Crippen molar-refractivity contribution in [2.75, 3.05) is 37.6 Å². The van der Waals surface area contributed by atoms with Gasteiger partial charge in [0.05, 0.1) is 5.60 Å². The Kier molecular flexibility index (Phi) is 9.07. The largest absolute Gasteiger partial charge is 0.490 e. The highest BCUT2D eigenvalue weighted by atomic mass is 19.4. The number of nitrogens with zero attached hydrogens (tertiary/aromatic N) is 3. The van der Waals surface area contributed by atoms with E-state index in [1.807, 2.05) is 36.9 Å². The molecule has 11 heteroatoms. The molecule has 1 fully saturated rings. The lowest BCUT2D eigenvalue weighted by atomic mass is 9.98. The first-order valence-electron chi connectivity index (χ1n) is 11.3. The lowest BCUT2D eigenvalue weighted by Gasteiger charge is -2.42. The van der Waals surface area contributed by atoms with E-state index in [0.29, 0.717) is 31.7 Å². The van der Waals surface area contributed by atoms with Crippen LogP contribution < -0.4 is 4.90 Å². The molecule has 0 bridgehead atoms. The Morgan fingerprint density at radius 3 is 2.31 bits per heavy atom. The van der Waals surface area contributed by atoms with Crippen molar-refractivity contribution in [3.05, 3.63) is 42.0 Å². The molecule has 3 rings (SSSR count). The number of aliphatic hydroxyl groups is 1. The molecule has 0 spiro atoms. The Morgan fingerprint density at radius 1 is 1.17 bits per heavy atom. The molecule has 2 N–H and O–H groups in total. The van der Waals surface area contributed by atoms with Gasteiger partial charge >= 0.3 is 12.1 Å². The molecule has 35 heavy (non-hydrogen) atoms. The number of carboxylic acids is 1. The van der Waals surface area contributed by atoms with Crippen LogP contribution in [0.3, 0.4) is 0 Å². The molecule has 0 aromatic heterocycles. The maximum atomic E-state index is 13.1. The van der Waals surface area contributed by atoms with E-state index in [1.165, 1.54) is 6.08 Å². The summed E-state index contributed by atoms with van der Waals surface area (Å²) < 4.78 is 31.7. The first kappa shape index (κ1) is 28.3. The van der Waals surface area contributed by atoms with E-state index in [0.717, 1.165) is 30.6 Å². The summed E-state index contributed by atoms with van der Waals surface area (Å²) in [5, 5.41) is 17.2. The van der Waals surface area contributed by atoms with Gasteiger partial charge in [0.1, 0.15) is 0 Å². The minimum atomic E-state index is -5.08. The topological polar surface area (TPSA) is 101 Å². The van der Waals surface area contributed by atoms with Gasteiger partial charge in [-0.15, -0.1) is 0 Å². The highest BCUT2D eigenvalue weighted by Crippen LogP contribution is 2.29. The number of anilines is 1. The van der Waals surface area contributed by atoms with E-state index < -0.39 is 17.7 Å². The van der Waals surface area contributed by atoms with Gasteiger partial charge in [0.25, 0.3) is 5.91 Å². The third-order valence-corrected chi connectivity index (χ3v) is 5.77. The molecule has 2 aliphatic heterocycles. The minimum Gasteiger partial charge on any atom is -0.475 e. The monoisotopic (exact) mass is 499 g/mol. The summed E-state index contributed by atoms with van der Waals surface area (Å²) in [6.45, 7) is 12.6. The van der Waals surface area contributed by atoms with Gasteiger partial charge in [-0.05, 0) is 63.5 Å². The zero-order valence-corrected chi connectivity index (χ0v) is 20.1. The molecule has 0 radical (unpaired) electrons. The molecule has 0 aliphatic carbocycles. The van der Waals surface area contributed by atoms with Crippen LogP contribution in [0.15, 0.2) is 30.9 Å². The standard InChI is InChI=1S/C22H31N3O3.C2HF3O2/c1-5-20(26)25-10-6-7-17-13-18(8-9-19(17)25)21(27)23-11-12-24(16(2)14-23)15-22(3,4)28;3-2(4,5)1(6)7/h5,8-9,13,16,28H,1,6-7,10-12,14-15H2,2-4H3;(H,6,7). The Labute approximate surface area is 202 Å². The summed E-state index contributed by atoms with van der Waals surface area (Å²) >= 11 is 0. The van der Waals surface area contributed by atoms with Crippen molar-refractivity contribution in [3.8, 4) is 0 Å². The van der Waals surface area contributed by atoms with Gasteiger partial charge in [-0.2, -0.15) is 13.2 Å². The van der Waals surface area contributed by atoms with Crippen LogP contribution >= 0.6 is 0 Å². The SMILES string of the molecule is C=CC(=O)N1CCCc2cc(C(=O)N3CCN(CC(C)(C)O)C(C)C3)ccc21.O=C(O)C(F)(F)F. The number of fused-ring (bicyclic) bond motifs is 1. The number of carboxylic acid groups (broad SMARTS) is 1. The fourth-order valence-corrected chi connectivity index (χ4v) is 4.16. The van der Waals surface area contributed by atoms with E-state index >= 15 is 0 Å². The second-order valence-electron chi connectivity index (χ2n) is 9.33. The first-order valence-corrected chi connectivity index (χ1v) is 11.3. The molecule has 1 unspecified atom stereocenters. The number of halogens is 3. The number of piperazine rings is 1. The summed E-state index contributed by atoms with van der Waals surface area (Å²) in [6.07, 6.45) is -1.99. The fraction of sp³-hybridized carbons (Fsp3) is 0.542. The second-order valence-corrected chi connectivity index (χ2v) is 9.33. The van der Waals surface area contributed by atoms with Crippen LogP contribution in [0.5, 0.6) is 0 Å². The maximum absolute atomic E-state index is 13.1. The zero-order chi connectivity index (χ0) is 26.6. The van der Waals surface area contributed by atoms with E-state index in [1.54, 1.807) is 4.90 Å². The van der Waals surface area contributed by atoms with Gasteiger partial charge in [-0.1, -0.05) is 6.58 Å². The first-order chi connectivity index (χ1) is 16.1. The van der Waals surface area contributed by atoms with Crippen molar-refractivity contribution < 1.29 is 37.8 Å². The van der Waals surface area contributed by atoms with Crippen LogP contribution in [0, 0.1) is 0 Å². The van der Waals surface area contributed by atoms with Crippen molar-refractivity contribution >= 4 is 23.5 Å². The fourth-order valence-electron chi connectivity index (χ4n) is 4.16. The molecule has 1 atom stereocenters. The predicted octanol–water partition coefficient (Wildman–Crippen LogP) is 2.70. The number of alkyl halides is 3. The number of carbonyl (C=O) groups excluding carboxylic acids is 2. The summed E-state index contributed by atoms with van der Waals surface area (Å²) in [7, 11) is 0. The van der Waals surface area contributed by atoms with Gasteiger partial charge in [-0.3, -0.25) is 14.5 Å². The molecule has 0 saturated carbocycles. The molecule has 1 aromatic carbocycles. The average Bonchev–Trinajstić information content (AvgIpc) is 2.77. The predicted molar refractivity (Wildman–Crippen MR) is 124 cm³/mol. The quantitative estimate of drug-likeness (QED) is 0.618. The number of aryl methyl sites for hydroxylation is 1. The maximum Gasteiger partial charge on any atom is 0.490 e. The highest BCUT2D eigenvalue weighted by Gasteiger charge is 2.38. The average molecular weight is 500 g/mol. The molecule has 2 aliphatic rings. The van der Waals surface area contributed by atoms with Gasteiger partial charge < -0.3 is 20.0 Å². The van der Waals surface area contributed by atoms with E-state index in [9.17, 15) is 27.9 Å². The Bertz CT molecular complexity index is 959. The molecule has 2 heterocycles. The third-order valence-electron chi connectivity index (χ3n) is 5.77. The molecular weight excluding hydrogens is 467 g/mol. The summed E-state index contributed by atoms with van der Waals surface area (Å²) in [5.74, 6) is -2.82. The summed E-state index contributed by atoms with van der Waals surface area (Å²) in [6, 6.07) is 5.84. The van der Waals surface area contributed by atoms with Crippen molar-refractivity contribution in [2.24, 2.45) is 0 Å². The van der Waals surface area contributed by atoms with Crippen molar-refractivity contribution in [1.82, 2.24) is 9.80 Å². The number of carbonyl (C=O) groups is 3. The van der Waals surface area contributed by atoms with E-state index in [2.05, 4.69) is 18.4 Å². The lowest BCUT2D eigenvalue weighted by Crippen LogP contribution is -2.56. The summed E-state index contributed by atoms with van der Waals surface area (Å²) in [5.41, 5.74) is 1.86. The molecule has 1 saturated heterocycles. The normalized spacial score (nSPS) is 18.8. The van der Waals surface area contributed by atoms with E-state index in [-0.39, 0.29) is 17.9 Å². The number of benzene rings is 1. The zero-order valence-electron chi connectivity index (χ0n) is 20.1. The third kappa shape index (κ3) is 7.79. The van der Waals surface area contributed by atoms with Gasteiger partial charge in [0.2, 0.25) is 5.91 Å². The van der Waals surface area contributed by atoms with Crippen LogP contribution in [0.2, 0.25) is 0 Å². The molecule has 1 aromatic rings. The van der Waals surface area contributed by atoms with Crippen LogP contribution in [-0.2, 0) is 16.0 Å². The van der Waals surface area contributed by atoms with Gasteiger partial charge in [0, 0.05) is 50.0 Å². The van der Waals surface area contributed by atoms with Gasteiger partial charge in [-0.25, -0.2) is 4.79 Å². The molecule has 194 valence electrons. The number of aliphatic carboxylic acids is 1. The molecule has 8 nitrogen and oxygen atoms in total. The van der Waals surface area contributed by atoms with E-state index in [4.69, 9.17) is 9.90 Å². The number of hydrogen-bond donors (Lipinski definition) is 2. The number of β-amino-alcohol motifs (C(OH)–C–C–N with tert-alkyl or cyclic N) is 1. The molecular formula is C24H32F3N3O5. The summed E-state index contributed by atoms with van der Waals surface area (Å²) in [4.78, 5) is 39.9. The number of amides is 2. The molecule has 2 amide bonds. The Balaban J connectivity index is 0.000000540. The Hall–Kier alpha value is -2.92. The highest BCUT2D eigenvalue weighted by molar-refractivity contribution is 6.02. The smallest absolute Gasteiger partial charge is 0.475 e.